The van der Waals surface area contributed by atoms with Crippen molar-refractivity contribution in [3.63, 3.8) is 0 Å². The number of primary amides is 1. The number of amides is 5. The van der Waals surface area contributed by atoms with Crippen LogP contribution in [0.1, 0.15) is 75.3 Å². The van der Waals surface area contributed by atoms with Crippen molar-refractivity contribution in [1.29, 1.82) is 5.26 Å². The Labute approximate surface area is 334 Å². The number of nitrogens with zero attached hydrogens (tertiary/aromatic N) is 8. The molecule has 9 rings (SSSR count). The van der Waals surface area contributed by atoms with Gasteiger partial charge >= 0.3 is 0 Å². The predicted octanol–water partition coefficient (Wildman–Crippen LogP) is 3.11. The molecule has 2 aliphatic carbocycles. The third-order valence-electron chi connectivity index (χ3n) is 12.8. The molecule has 6 aliphatic rings. The second-order valence-corrected chi connectivity index (χ2v) is 16.4. The number of anilines is 2. The lowest BCUT2D eigenvalue weighted by atomic mass is 9.89. The number of hydrogen-bond donors (Lipinski definition) is 1. The minimum absolute atomic E-state index is 0.0704. The lowest BCUT2D eigenvalue weighted by molar-refractivity contribution is -0.155. The number of hydrogen-bond acceptors (Lipinski definition) is 12. The van der Waals surface area contributed by atoms with Crippen molar-refractivity contribution in [2.45, 2.75) is 56.7 Å². The number of nitriles is 1. The summed E-state index contributed by atoms with van der Waals surface area (Å²) in [6.07, 6.45) is 5.34. The molecule has 0 unspecified atom stereocenters. The number of ether oxygens (including phenoxy) is 1. The van der Waals surface area contributed by atoms with E-state index in [0.717, 1.165) is 62.2 Å². The highest BCUT2D eigenvalue weighted by Crippen LogP contribution is 2.52. The highest BCUT2D eigenvalue weighted by atomic mass is 35.5. The molecule has 1 aromatic heterocycles. The Hall–Kier alpha value is -5.59. The van der Waals surface area contributed by atoms with Gasteiger partial charge in [-0.2, -0.15) is 5.26 Å². The Kier molecular flexibility index (Phi) is 9.56. The van der Waals surface area contributed by atoms with Crippen molar-refractivity contribution >= 4 is 52.6 Å². The summed E-state index contributed by atoms with van der Waals surface area (Å²) in [6.45, 7) is 6.22. The number of carbonyl (C=O) groups excluding carboxylic acids is 5. The number of piperazine rings is 1. The molecule has 5 fully saturated rings. The molecular weight excluding hydrogens is 750 g/mol. The van der Waals surface area contributed by atoms with Gasteiger partial charge in [-0.1, -0.05) is 11.6 Å². The summed E-state index contributed by atoms with van der Waals surface area (Å²) >= 11 is 6.17. The Morgan fingerprint density at radius 3 is 2.26 bits per heavy atom. The van der Waals surface area contributed by atoms with Gasteiger partial charge in [0, 0.05) is 70.0 Å². The maximum absolute atomic E-state index is 14.0. The van der Waals surface area contributed by atoms with E-state index in [-0.39, 0.29) is 42.2 Å². The summed E-state index contributed by atoms with van der Waals surface area (Å²) in [6, 6.07) is 10.9. The summed E-state index contributed by atoms with van der Waals surface area (Å²) in [4.78, 5) is 84.0. The molecule has 0 radical (unpaired) electrons. The van der Waals surface area contributed by atoms with Gasteiger partial charge < -0.3 is 20.3 Å². The zero-order chi connectivity index (χ0) is 39.5. The first-order chi connectivity index (χ1) is 27.6. The molecular formula is C41H42ClN9O6. The summed E-state index contributed by atoms with van der Waals surface area (Å²) in [5, 5.41) is 9.46. The van der Waals surface area contributed by atoms with Crippen LogP contribution in [-0.4, -0.2) is 118 Å². The van der Waals surface area contributed by atoms with Gasteiger partial charge in [-0.25, -0.2) is 9.97 Å². The van der Waals surface area contributed by atoms with Crippen LogP contribution in [0, 0.1) is 29.1 Å². The fourth-order valence-electron chi connectivity index (χ4n) is 9.62. The minimum Gasteiger partial charge on any atom is -0.490 e. The number of aromatic nitrogens is 2. The summed E-state index contributed by atoms with van der Waals surface area (Å²) in [7, 11) is 0. The van der Waals surface area contributed by atoms with Crippen LogP contribution in [0.4, 0.5) is 11.5 Å². The maximum atomic E-state index is 14.0. The second kappa shape index (κ2) is 14.7. The molecule has 294 valence electrons. The van der Waals surface area contributed by atoms with E-state index < -0.39 is 29.7 Å². The number of rotatable bonds is 9. The molecule has 3 saturated heterocycles. The van der Waals surface area contributed by atoms with Gasteiger partial charge in [0.2, 0.25) is 5.91 Å². The highest BCUT2D eigenvalue weighted by molar-refractivity contribution is 6.31. The number of likely N-dealkylation sites (tertiary alicyclic amines) is 1. The number of carbonyl (C=O) groups is 5. The average molecular weight is 792 g/mol. The van der Waals surface area contributed by atoms with E-state index in [2.05, 4.69) is 24.7 Å². The van der Waals surface area contributed by atoms with E-state index in [1.54, 1.807) is 36.5 Å². The largest absolute Gasteiger partial charge is 0.490 e. The molecule has 57 heavy (non-hydrogen) atoms. The first-order valence-electron chi connectivity index (χ1n) is 19.7. The monoisotopic (exact) mass is 791 g/mol. The fourth-order valence-corrected chi connectivity index (χ4v) is 9.83. The van der Waals surface area contributed by atoms with Crippen LogP contribution in [0.25, 0.3) is 0 Å². The van der Waals surface area contributed by atoms with Crippen molar-refractivity contribution in [2.75, 3.05) is 55.6 Å². The third kappa shape index (κ3) is 6.84. The van der Waals surface area contributed by atoms with E-state index in [1.165, 1.54) is 11.1 Å². The van der Waals surface area contributed by atoms with Crippen LogP contribution >= 0.6 is 11.6 Å². The maximum Gasteiger partial charge on any atom is 0.268 e. The third-order valence-corrected chi connectivity index (χ3v) is 13.1. The van der Waals surface area contributed by atoms with Gasteiger partial charge in [-0.3, -0.25) is 38.7 Å². The Morgan fingerprint density at radius 1 is 0.860 bits per heavy atom. The molecule has 0 spiro atoms. The van der Waals surface area contributed by atoms with Crippen molar-refractivity contribution in [2.24, 2.45) is 23.5 Å². The molecule has 2 N–H and O–H groups in total. The first kappa shape index (κ1) is 37.0. The summed E-state index contributed by atoms with van der Waals surface area (Å²) in [5.74, 6) is 0.822. The molecule has 15 nitrogen and oxygen atoms in total. The van der Waals surface area contributed by atoms with Gasteiger partial charge in [-0.05, 0) is 80.2 Å². The van der Waals surface area contributed by atoms with Gasteiger partial charge in [0.15, 0.2) is 0 Å². The molecule has 4 aliphatic heterocycles. The molecule has 3 atom stereocenters. The average Bonchev–Trinajstić information content (AvgIpc) is 3.51. The van der Waals surface area contributed by atoms with Gasteiger partial charge in [0.1, 0.15) is 29.4 Å². The number of halogens is 1. The van der Waals surface area contributed by atoms with Crippen LogP contribution in [0.3, 0.4) is 0 Å². The summed E-state index contributed by atoms with van der Waals surface area (Å²) in [5.41, 5.74) is 7.26. The first-order valence-corrected chi connectivity index (χ1v) is 20.0. The van der Waals surface area contributed by atoms with Crippen molar-refractivity contribution in [1.82, 2.24) is 24.7 Å². The van der Waals surface area contributed by atoms with Crippen molar-refractivity contribution in [3.8, 4) is 11.8 Å². The quantitative estimate of drug-likeness (QED) is 0.313. The van der Waals surface area contributed by atoms with E-state index in [1.807, 2.05) is 12.1 Å². The van der Waals surface area contributed by atoms with Crippen LogP contribution in [-0.2, 0) is 9.59 Å². The SMILES string of the molecule is N#Cc1ccc(OC2CCC(N3C(=O)CC[C@@H](N4C(=O)c5ccc(N6CCN(CC7[C@H]8CN(c9cnc(C(N)=O)cn9)C[C@H]78)CC6)cc5C4=O)C3=O)CC2)cc1Cl. The van der Waals surface area contributed by atoms with Crippen LogP contribution in [0.15, 0.2) is 48.8 Å². The Balaban J connectivity index is 0.776. The Bertz CT molecular complexity index is 2180. The predicted molar refractivity (Wildman–Crippen MR) is 207 cm³/mol. The van der Waals surface area contributed by atoms with E-state index in [0.29, 0.717) is 65.3 Å². The zero-order valence-electron chi connectivity index (χ0n) is 31.3. The zero-order valence-corrected chi connectivity index (χ0v) is 32.0. The molecule has 5 heterocycles. The van der Waals surface area contributed by atoms with E-state index in [4.69, 9.17) is 27.3 Å². The Morgan fingerprint density at radius 2 is 1.60 bits per heavy atom. The van der Waals surface area contributed by atoms with Gasteiger partial charge in [-0.15, -0.1) is 0 Å². The molecule has 2 saturated carbocycles. The van der Waals surface area contributed by atoms with Crippen molar-refractivity contribution < 1.29 is 28.7 Å². The molecule has 16 heteroatoms. The van der Waals surface area contributed by atoms with Crippen LogP contribution in [0.5, 0.6) is 5.75 Å². The number of nitrogens with two attached hydrogens (primary N) is 1. The standard InChI is InChI=1S/C41H42ClN9O6/c42-33-16-27(5-1-23(33)17-43)57-26-6-2-24(3-7-26)50-37(52)10-9-35(41(50)56)51-39(54)28-8-4-25(15-29(28)40(51)55)48-13-11-47(12-14-48)20-30-31-21-49(22-32(30)31)36-19-45-34(18-46-36)38(44)53/h1,4-5,8,15-16,18-19,24,26,30-32,35H,2-3,6-7,9-14,20-22H2,(H2,44,53)/t24?,26?,31-,32-,35-/m1/s1. The molecule has 5 amide bonds. The van der Waals surface area contributed by atoms with Crippen LogP contribution in [0.2, 0.25) is 5.02 Å². The summed E-state index contributed by atoms with van der Waals surface area (Å²) < 4.78 is 6.11. The highest BCUT2D eigenvalue weighted by Gasteiger charge is 2.56. The van der Waals surface area contributed by atoms with E-state index >= 15 is 0 Å². The number of benzene rings is 2. The normalized spacial score (nSPS) is 27.4. The minimum atomic E-state index is -1.04. The van der Waals surface area contributed by atoms with Gasteiger partial charge in [0.05, 0.1) is 40.2 Å². The number of fused-ring (bicyclic) bond motifs is 2. The molecule has 2 aromatic carbocycles. The van der Waals surface area contributed by atoms with Crippen LogP contribution < -0.4 is 20.3 Å². The lowest BCUT2D eigenvalue weighted by Gasteiger charge is -2.41. The molecule has 0 bridgehead atoms. The van der Waals surface area contributed by atoms with E-state index in [9.17, 15) is 24.0 Å². The topological polar surface area (TPSA) is 186 Å². The molecule has 3 aromatic rings. The lowest BCUT2D eigenvalue weighted by Crippen LogP contribution is -2.59. The van der Waals surface area contributed by atoms with Gasteiger partial charge in [0.25, 0.3) is 23.6 Å². The number of piperidine rings is 2. The smallest absolute Gasteiger partial charge is 0.268 e. The van der Waals surface area contributed by atoms with Crippen molar-refractivity contribution in [3.05, 3.63) is 76.2 Å². The second-order valence-electron chi connectivity index (χ2n) is 16.0. The fraction of sp³-hybridized carbons (Fsp3) is 0.463. The number of imide groups is 2.